The van der Waals surface area contributed by atoms with Gasteiger partial charge in [0.25, 0.3) is 0 Å². The minimum absolute atomic E-state index is 0.397. The Balaban J connectivity index is 2.98. The third kappa shape index (κ3) is 4.91. The average Bonchev–Trinajstić information content (AvgIpc) is 2.45. The van der Waals surface area contributed by atoms with E-state index in [-0.39, 0.29) is 0 Å². The minimum atomic E-state index is -3.68. The molecule has 0 heterocycles. The molecule has 0 aliphatic heterocycles. The number of methoxy groups -OCH3 is 3. The van der Waals surface area contributed by atoms with Gasteiger partial charge in [-0.2, -0.15) is 0 Å². The normalized spacial score (nSPS) is 12.6. The minimum Gasteiger partial charge on any atom is -0.497 e. The topological polar surface area (TPSA) is 105 Å². The van der Waals surface area contributed by atoms with Gasteiger partial charge in [0.05, 0.1) is 27.1 Å². The van der Waals surface area contributed by atoms with E-state index in [1.165, 1.54) is 14.2 Å². The van der Waals surface area contributed by atoms with Crippen LogP contribution < -0.4 is 15.2 Å². The molecule has 21 heavy (non-hydrogen) atoms. The summed E-state index contributed by atoms with van der Waals surface area (Å²) in [4.78, 5) is 11.1. The third-order valence-electron chi connectivity index (χ3n) is 2.84. The van der Waals surface area contributed by atoms with Crippen molar-refractivity contribution in [2.75, 3.05) is 32.8 Å². The molecule has 8 heteroatoms. The van der Waals surface area contributed by atoms with Crippen LogP contribution in [0.1, 0.15) is 11.6 Å². The maximum Gasteiger partial charge on any atom is 0.320 e. The van der Waals surface area contributed by atoms with Crippen LogP contribution in [0.15, 0.2) is 18.2 Å². The summed E-state index contributed by atoms with van der Waals surface area (Å²) in [6.07, 6.45) is 0. The number of benzene rings is 1. The predicted octanol–water partition coefficient (Wildman–Crippen LogP) is 0.291. The Morgan fingerprint density at radius 2 is 1.90 bits per heavy atom. The Bertz CT molecular complexity index is 599. The van der Waals surface area contributed by atoms with Gasteiger partial charge in [-0.1, -0.05) is 0 Å². The van der Waals surface area contributed by atoms with Gasteiger partial charge in [-0.3, -0.25) is 4.79 Å². The van der Waals surface area contributed by atoms with Gasteiger partial charge in [0.15, 0.2) is 9.84 Å². The fourth-order valence-corrected chi connectivity index (χ4v) is 3.11. The number of hydrogen-bond acceptors (Lipinski definition) is 7. The second kappa shape index (κ2) is 7.28. The largest absolute Gasteiger partial charge is 0.497 e. The molecule has 1 atom stereocenters. The fraction of sp³-hybridized carbons (Fsp3) is 0.462. The summed E-state index contributed by atoms with van der Waals surface area (Å²) in [7, 11) is 0.398. The number of nitrogens with two attached hydrogens (primary N) is 1. The van der Waals surface area contributed by atoms with Gasteiger partial charge in [0, 0.05) is 11.6 Å². The highest BCUT2D eigenvalue weighted by molar-refractivity contribution is 7.92. The third-order valence-corrected chi connectivity index (χ3v) is 4.38. The van der Waals surface area contributed by atoms with Crippen LogP contribution in [0.3, 0.4) is 0 Å². The van der Waals surface area contributed by atoms with Gasteiger partial charge in [0.1, 0.15) is 17.3 Å². The first kappa shape index (κ1) is 17.3. The quantitative estimate of drug-likeness (QED) is 0.721. The van der Waals surface area contributed by atoms with Crippen LogP contribution >= 0.6 is 0 Å². The van der Waals surface area contributed by atoms with Crippen molar-refractivity contribution in [2.24, 2.45) is 5.73 Å². The van der Waals surface area contributed by atoms with E-state index in [0.717, 1.165) is 7.11 Å². The summed E-state index contributed by atoms with van der Waals surface area (Å²) in [6.45, 7) is 0. The van der Waals surface area contributed by atoms with Crippen molar-refractivity contribution in [1.29, 1.82) is 0 Å². The molecule has 0 aromatic heterocycles. The monoisotopic (exact) mass is 317 g/mol. The smallest absolute Gasteiger partial charge is 0.320 e. The summed E-state index contributed by atoms with van der Waals surface area (Å²) >= 11 is 0. The Morgan fingerprint density at radius 1 is 1.24 bits per heavy atom. The lowest BCUT2D eigenvalue weighted by Crippen LogP contribution is -2.27. The lowest BCUT2D eigenvalue weighted by atomic mass is 10.1. The molecule has 0 bridgehead atoms. The molecular weight excluding hydrogens is 298 g/mol. The molecule has 0 fully saturated rings. The number of carbonyl (C=O) groups is 1. The molecule has 0 spiro atoms. The van der Waals surface area contributed by atoms with Crippen LogP contribution in [-0.2, 0) is 19.4 Å². The number of rotatable bonds is 7. The Morgan fingerprint density at radius 3 is 2.43 bits per heavy atom. The Kier molecular flexibility index (Phi) is 5.98. The molecule has 0 aliphatic carbocycles. The maximum absolute atomic E-state index is 11.9. The van der Waals surface area contributed by atoms with Gasteiger partial charge in [-0.15, -0.1) is 0 Å². The Labute approximate surface area is 123 Å². The lowest BCUT2D eigenvalue weighted by molar-refractivity contribution is -0.137. The summed E-state index contributed by atoms with van der Waals surface area (Å²) in [5, 5.41) is 0. The van der Waals surface area contributed by atoms with Crippen LogP contribution in [0.5, 0.6) is 11.5 Å². The van der Waals surface area contributed by atoms with E-state index < -0.39 is 33.4 Å². The molecule has 1 aromatic carbocycles. The molecule has 2 N–H and O–H groups in total. The number of carbonyl (C=O) groups excluding carboxylic acids is 1. The average molecular weight is 317 g/mol. The van der Waals surface area contributed by atoms with E-state index >= 15 is 0 Å². The highest BCUT2D eigenvalue weighted by Crippen LogP contribution is 2.29. The van der Waals surface area contributed by atoms with Crippen molar-refractivity contribution in [3.63, 3.8) is 0 Å². The number of sulfone groups is 1. The van der Waals surface area contributed by atoms with Crippen molar-refractivity contribution < 1.29 is 27.4 Å². The van der Waals surface area contributed by atoms with Crippen LogP contribution in [-0.4, -0.2) is 47.2 Å². The molecule has 1 rings (SSSR count). The van der Waals surface area contributed by atoms with Crippen LogP contribution in [0.4, 0.5) is 0 Å². The standard InChI is InChI=1S/C13H19NO6S/c1-18-9-4-5-12(19-2)10(6-9)11(14)7-21(16,17)8-13(15)20-3/h4-6,11H,7-8,14H2,1-3H3. The molecule has 0 amide bonds. The molecule has 0 aliphatic rings. The van der Waals surface area contributed by atoms with Gasteiger partial charge < -0.3 is 19.9 Å². The van der Waals surface area contributed by atoms with E-state index in [4.69, 9.17) is 15.2 Å². The number of esters is 1. The molecule has 1 unspecified atom stereocenters. The van der Waals surface area contributed by atoms with E-state index in [0.29, 0.717) is 17.1 Å². The van der Waals surface area contributed by atoms with Gasteiger partial charge in [0.2, 0.25) is 0 Å². The summed E-state index contributed by atoms with van der Waals surface area (Å²) in [5.74, 6) is -0.933. The zero-order chi connectivity index (χ0) is 16.0. The molecule has 118 valence electrons. The molecule has 0 radical (unpaired) electrons. The van der Waals surface area contributed by atoms with Crippen LogP contribution in [0.25, 0.3) is 0 Å². The fourth-order valence-electron chi connectivity index (χ4n) is 1.79. The Hall–Kier alpha value is -1.80. The van der Waals surface area contributed by atoms with Crippen LogP contribution in [0, 0.1) is 0 Å². The zero-order valence-corrected chi connectivity index (χ0v) is 13.0. The lowest BCUT2D eigenvalue weighted by Gasteiger charge is -2.16. The van der Waals surface area contributed by atoms with Gasteiger partial charge >= 0.3 is 5.97 Å². The van der Waals surface area contributed by atoms with Crippen LogP contribution in [0.2, 0.25) is 0 Å². The highest BCUT2D eigenvalue weighted by Gasteiger charge is 2.24. The molecular formula is C13H19NO6S. The molecule has 0 saturated heterocycles. The van der Waals surface area contributed by atoms with E-state index in [2.05, 4.69) is 4.74 Å². The maximum atomic E-state index is 11.9. The van der Waals surface area contributed by atoms with Crippen molar-refractivity contribution >= 4 is 15.8 Å². The zero-order valence-electron chi connectivity index (χ0n) is 12.2. The van der Waals surface area contributed by atoms with Gasteiger partial charge in [-0.05, 0) is 18.2 Å². The number of hydrogen-bond donors (Lipinski definition) is 1. The molecule has 0 saturated carbocycles. The second-order valence-electron chi connectivity index (χ2n) is 4.35. The van der Waals surface area contributed by atoms with Gasteiger partial charge in [-0.25, -0.2) is 8.42 Å². The molecule has 7 nitrogen and oxygen atoms in total. The summed E-state index contributed by atoms with van der Waals surface area (Å²) in [5.41, 5.74) is 6.42. The summed E-state index contributed by atoms with van der Waals surface area (Å²) < 4.78 is 38.4. The van der Waals surface area contributed by atoms with E-state index in [1.807, 2.05) is 0 Å². The first-order chi connectivity index (χ1) is 9.82. The first-order valence-corrected chi connectivity index (χ1v) is 7.90. The summed E-state index contributed by atoms with van der Waals surface area (Å²) in [6, 6.07) is 4.08. The van der Waals surface area contributed by atoms with Crippen molar-refractivity contribution in [2.45, 2.75) is 6.04 Å². The van der Waals surface area contributed by atoms with Crippen molar-refractivity contribution in [3.8, 4) is 11.5 Å². The first-order valence-electron chi connectivity index (χ1n) is 6.07. The number of ether oxygens (including phenoxy) is 3. The SMILES string of the molecule is COC(=O)CS(=O)(=O)CC(N)c1cc(OC)ccc1OC. The highest BCUT2D eigenvalue weighted by atomic mass is 32.2. The predicted molar refractivity (Wildman–Crippen MR) is 77.1 cm³/mol. The van der Waals surface area contributed by atoms with Crippen molar-refractivity contribution in [1.82, 2.24) is 0 Å². The van der Waals surface area contributed by atoms with Crippen molar-refractivity contribution in [3.05, 3.63) is 23.8 Å². The van der Waals surface area contributed by atoms with E-state index in [9.17, 15) is 13.2 Å². The molecule has 1 aromatic rings. The van der Waals surface area contributed by atoms with E-state index in [1.54, 1.807) is 18.2 Å². The second-order valence-corrected chi connectivity index (χ2v) is 6.45.